The normalized spacial score (nSPS) is 17.8. The quantitative estimate of drug-likeness (QED) is 0.678. The first-order chi connectivity index (χ1) is 9.49. The van der Waals surface area contributed by atoms with Gasteiger partial charge < -0.3 is 15.0 Å². The summed E-state index contributed by atoms with van der Waals surface area (Å²) in [7, 11) is 1.72. The highest BCUT2D eigenvalue weighted by Crippen LogP contribution is 2.22. The maximum atomic E-state index is 12.1. The van der Waals surface area contributed by atoms with Crippen LogP contribution < -0.4 is 5.32 Å². The van der Waals surface area contributed by atoms with Crippen molar-refractivity contribution >= 4 is 17.4 Å². The lowest BCUT2D eigenvalue weighted by Crippen LogP contribution is -2.40. The van der Waals surface area contributed by atoms with Crippen LogP contribution in [0, 0.1) is 17.0 Å². The van der Waals surface area contributed by atoms with Crippen molar-refractivity contribution in [1.82, 2.24) is 4.90 Å². The lowest BCUT2D eigenvalue weighted by atomic mass is 10.2. The number of hydrogen-bond donors (Lipinski definition) is 1. The van der Waals surface area contributed by atoms with E-state index in [9.17, 15) is 14.9 Å². The summed E-state index contributed by atoms with van der Waals surface area (Å²) in [5.41, 5.74) is 1.10. The summed E-state index contributed by atoms with van der Waals surface area (Å²) in [6.45, 7) is 2.85. The van der Waals surface area contributed by atoms with Gasteiger partial charge in [-0.3, -0.25) is 10.1 Å². The van der Waals surface area contributed by atoms with Gasteiger partial charge in [0.15, 0.2) is 0 Å². The third-order valence-electron chi connectivity index (χ3n) is 3.42. The first-order valence-corrected chi connectivity index (χ1v) is 6.35. The molecule has 1 heterocycles. The maximum absolute atomic E-state index is 12.1. The molecule has 108 valence electrons. The lowest BCUT2D eigenvalue weighted by Gasteiger charge is -2.23. The number of likely N-dealkylation sites (N-methyl/N-ethyl adjacent to an activating group) is 1. The SMILES string of the molecule is Cc1cc(NC(=O)N(C)[C@@H]2CCOC2)ccc1[N+](=O)[O-]. The van der Waals surface area contributed by atoms with Crippen molar-refractivity contribution in [2.24, 2.45) is 0 Å². The van der Waals surface area contributed by atoms with Crippen molar-refractivity contribution in [3.05, 3.63) is 33.9 Å². The third-order valence-corrected chi connectivity index (χ3v) is 3.42. The Hall–Kier alpha value is -2.15. The Labute approximate surface area is 116 Å². The number of nitro benzene ring substituents is 1. The van der Waals surface area contributed by atoms with E-state index in [1.807, 2.05) is 0 Å². The number of aryl methyl sites for hydroxylation is 1. The highest BCUT2D eigenvalue weighted by atomic mass is 16.6. The van der Waals surface area contributed by atoms with E-state index in [-0.39, 0.29) is 17.8 Å². The monoisotopic (exact) mass is 279 g/mol. The van der Waals surface area contributed by atoms with E-state index in [4.69, 9.17) is 4.74 Å². The molecule has 2 rings (SSSR count). The molecule has 0 spiro atoms. The van der Waals surface area contributed by atoms with Crippen molar-refractivity contribution < 1.29 is 14.5 Å². The number of carbonyl (C=O) groups is 1. The van der Waals surface area contributed by atoms with Gasteiger partial charge in [-0.1, -0.05) is 0 Å². The number of nitro groups is 1. The Bertz CT molecular complexity index is 526. The second-order valence-electron chi connectivity index (χ2n) is 4.82. The molecular weight excluding hydrogens is 262 g/mol. The van der Waals surface area contributed by atoms with E-state index < -0.39 is 4.92 Å². The van der Waals surface area contributed by atoms with Crippen LogP contribution in [0.4, 0.5) is 16.2 Å². The average molecular weight is 279 g/mol. The van der Waals surface area contributed by atoms with Gasteiger partial charge in [-0.05, 0) is 25.5 Å². The average Bonchev–Trinajstić information content (AvgIpc) is 2.91. The van der Waals surface area contributed by atoms with Crippen molar-refractivity contribution in [1.29, 1.82) is 0 Å². The maximum Gasteiger partial charge on any atom is 0.321 e. The van der Waals surface area contributed by atoms with Crippen LogP contribution in [0.3, 0.4) is 0 Å². The predicted molar refractivity (Wildman–Crippen MR) is 73.8 cm³/mol. The van der Waals surface area contributed by atoms with Gasteiger partial charge in [0.25, 0.3) is 5.69 Å². The van der Waals surface area contributed by atoms with Gasteiger partial charge >= 0.3 is 6.03 Å². The van der Waals surface area contributed by atoms with E-state index in [1.54, 1.807) is 24.9 Å². The summed E-state index contributed by atoms with van der Waals surface area (Å²) < 4.78 is 5.24. The van der Waals surface area contributed by atoms with E-state index in [0.29, 0.717) is 24.5 Å². The van der Waals surface area contributed by atoms with Gasteiger partial charge in [0.05, 0.1) is 17.6 Å². The largest absolute Gasteiger partial charge is 0.379 e. The van der Waals surface area contributed by atoms with Crippen molar-refractivity contribution in [2.75, 3.05) is 25.6 Å². The zero-order valence-corrected chi connectivity index (χ0v) is 11.5. The summed E-state index contributed by atoms with van der Waals surface area (Å²) in [4.78, 5) is 23.9. The zero-order valence-electron chi connectivity index (χ0n) is 11.5. The number of ether oxygens (including phenoxy) is 1. The highest BCUT2D eigenvalue weighted by molar-refractivity contribution is 5.89. The second-order valence-corrected chi connectivity index (χ2v) is 4.82. The van der Waals surface area contributed by atoms with Gasteiger partial charge in [-0.25, -0.2) is 4.79 Å². The third kappa shape index (κ3) is 3.05. The van der Waals surface area contributed by atoms with E-state index in [1.165, 1.54) is 12.1 Å². The van der Waals surface area contributed by atoms with Crippen LogP contribution in [0.5, 0.6) is 0 Å². The Morgan fingerprint density at radius 1 is 1.55 bits per heavy atom. The van der Waals surface area contributed by atoms with Gasteiger partial charge in [-0.2, -0.15) is 0 Å². The Morgan fingerprint density at radius 3 is 2.85 bits per heavy atom. The molecule has 1 aliphatic heterocycles. The molecule has 1 aromatic carbocycles. The molecule has 0 radical (unpaired) electrons. The summed E-state index contributed by atoms with van der Waals surface area (Å²) in [5, 5.41) is 13.5. The fourth-order valence-corrected chi connectivity index (χ4v) is 2.14. The number of nitrogens with zero attached hydrogens (tertiary/aromatic N) is 2. The van der Waals surface area contributed by atoms with Crippen LogP contribution in [0.15, 0.2) is 18.2 Å². The van der Waals surface area contributed by atoms with Crippen LogP contribution in [-0.4, -0.2) is 42.2 Å². The van der Waals surface area contributed by atoms with Gasteiger partial charge in [0.1, 0.15) is 0 Å². The summed E-state index contributed by atoms with van der Waals surface area (Å²) >= 11 is 0. The number of amides is 2. The number of rotatable bonds is 3. The number of benzene rings is 1. The molecule has 7 nitrogen and oxygen atoms in total. The molecule has 1 N–H and O–H groups in total. The topological polar surface area (TPSA) is 84.7 Å². The molecule has 1 atom stereocenters. The minimum absolute atomic E-state index is 0.0422. The molecule has 1 aliphatic rings. The molecule has 0 saturated carbocycles. The first kappa shape index (κ1) is 14.3. The van der Waals surface area contributed by atoms with Gasteiger partial charge in [0, 0.05) is 31.0 Å². The molecule has 1 fully saturated rings. The van der Waals surface area contributed by atoms with Crippen molar-refractivity contribution in [3.8, 4) is 0 Å². The molecule has 1 saturated heterocycles. The van der Waals surface area contributed by atoms with Gasteiger partial charge in [-0.15, -0.1) is 0 Å². The molecule has 7 heteroatoms. The number of urea groups is 1. The molecule has 0 bridgehead atoms. The Morgan fingerprint density at radius 2 is 2.30 bits per heavy atom. The van der Waals surface area contributed by atoms with Crippen LogP contribution >= 0.6 is 0 Å². The van der Waals surface area contributed by atoms with E-state index >= 15 is 0 Å². The molecule has 0 aromatic heterocycles. The standard InChI is InChI=1S/C13H17N3O4/c1-9-7-10(3-4-12(9)16(18)19)14-13(17)15(2)11-5-6-20-8-11/h3-4,7,11H,5-6,8H2,1-2H3,(H,14,17)/t11-/m1/s1. The van der Waals surface area contributed by atoms with Crippen LogP contribution in [0.2, 0.25) is 0 Å². The molecule has 2 amide bonds. The predicted octanol–water partition coefficient (Wildman–Crippen LogP) is 2.16. The minimum atomic E-state index is -0.442. The molecule has 20 heavy (non-hydrogen) atoms. The van der Waals surface area contributed by atoms with E-state index in [0.717, 1.165) is 6.42 Å². The smallest absolute Gasteiger partial charge is 0.321 e. The van der Waals surface area contributed by atoms with E-state index in [2.05, 4.69) is 5.32 Å². The minimum Gasteiger partial charge on any atom is -0.379 e. The first-order valence-electron chi connectivity index (χ1n) is 6.35. The fourth-order valence-electron chi connectivity index (χ4n) is 2.14. The number of nitrogens with one attached hydrogen (secondary N) is 1. The molecule has 0 aliphatic carbocycles. The van der Waals surface area contributed by atoms with Crippen molar-refractivity contribution in [2.45, 2.75) is 19.4 Å². The highest BCUT2D eigenvalue weighted by Gasteiger charge is 2.24. The lowest BCUT2D eigenvalue weighted by molar-refractivity contribution is -0.385. The molecular formula is C13H17N3O4. The number of anilines is 1. The fraction of sp³-hybridized carbons (Fsp3) is 0.462. The zero-order chi connectivity index (χ0) is 14.7. The summed E-state index contributed by atoms with van der Waals surface area (Å²) in [6.07, 6.45) is 0.823. The number of hydrogen-bond acceptors (Lipinski definition) is 4. The van der Waals surface area contributed by atoms with Gasteiger partial charge in [0.2, 0.25) is 0 Å². The Kier molecular flexibility index (Phi) is 4.19. The Balaban J connectivity index is 2.04. The van der Waals surface area contributed by atoms with Crippen LogP contribution in [0.25, 0.3) is 0 Å². The second kappa shape index (κ2) is 5.87. The van der Waals surface area contributed by atoms with Crippen molar-refractivity contribution in [3.63, 3.8) is 0 Å². The molecule has 1 aromatic rings. The van der Waals surface area contributed by atoms with Crippen LogP contribution in [-0.2, 0) is 4.74 Å². The van der Waals surface area contributed by atoms with Crippen LogP contribution in [0.1, 0.15) is 12.0 Å². The summed E-state index contributed by atoms with van der Waals surface area (Å²) in [5.74, 6) is 0. The summed E-state index contributed by atoms with van der Waals surface area (Å²) in [6, 6.07) is 4.35. The number of carbonyl (C=O) groups excluding carboxylic acids is 1. The molecule has 0 unspecified atom stereocenters.